The second-order valence-electron chi connectivity index (χ2n) is 10.5. The highest BCUT2D eigenvalue weighted by molar-refractivity contribution is 8.00. The van der Waals surface area contributed by atoms with E-state index in [4.69, 9.17) is 9.72 Å². The summed E-state index contributed by atoms with van der Waals surface area (Å²) < 4.78 is 25.0. The molecule has 2 aromatic heterocycles. The third kappa shape index (κ3) is 4.86. The van der Waals surface area contributed by atoms with Crippen molar-refractivity contribution in [2.75, 3.05) is 19.7 Å². The number of rotatable bonds is 6. The number of aliphatic carboxylic acids is 1. The van der Waals surface area contributed by atoms with E-state index in [9.17, 15) is 9.90 Å². The Hall–Kier alpha value is -2.92. The van der Waals surface area contributed by atoms with Gasteiger partial charge in [0.05, 0.1) is 12.1 Å². The molecule has 1 aromatic carbocycles. The van der Waals surface area contributed by atoms with Crippen molar-refractivity contribution >= 4 is 17.7 Å². The van der Waals surface area contributed by atoms with E-state index in [1.54, 1.807) is 13.8 Å². The van der Waals surface area contributed by atoms with Crippen molar-refractivity contribution in [3.63, 3.8) is 0 Å². The number of imidazole rings is 1. The minimum Gasteiger partial charge on any atom is -0.491 e. The number of nitrogens with zero attached hydrogens (tertiary/aromatic N) is 6. The zero-order chi connectivity index (χ0) is 26.5. The molecule has 0 spiro atoms. The number of carboxylic acids is 1. The van der Waals surface area contributed by atoms with Crippen LogP contribution in [0.4, 0.5) is 4.39 Å². The Morgan fingerprint density at radius 3 is 2.59 bits per heavy atom. The predicted molar refractivity (Wildman–Crippen MR) is 139 cm³/mol. The Morgan fingerprint density at radius 1 is 1.19 bits per heavy atom. The molecule has 4 heterocycles. The van der Waals surface area contributed by atoms with Crippen LogP contribution in [0.3, 0.4) is 0 Å². The topological polar surface area (TPSA) is 98.3 Å². The van der Waals surface area contributed by atoms with Crippen LogP contribution in [0.1, 0.15) is 52.4 Å². The van der Waals surface area contributed by atoms with Gasteiger partial charge in [-0.3, -0.25) is 9.69 Å². The highest BCUT2D eigenvalue weighted by atomic mass is 32.2. The number of halogens is 1. The van der Waals surface area contributed by atoms with Gasteiger partial charge in [0.1, 0.15) is 41.1 Å². The molecule has 1 saturated heterocycles. The Balaban J connectivity index is 1.42. The van der Waals surface area contributed by atoms with Gasteiger partial charge in [-0.05, 0) is 53.5 Å². The van der Waals surface area contributed by atoms with Crippen molar-refractivity contribution in [1.82, 2.24) is 29.2 Å². The maximum absolute atomic E-state index is 15.2. The van der Waals surface area contributed by atoms with Crippen LogP contribution in [0.25, 0.3) is 22.9 Å². The lowest BCUT2D eigenvalue weighted by atomic mass is 9.99. The largest absolute Gasteiger partial charge is 0.491 e. The maximum atomic E-state index is 15.2. The average molecular weight is 529 g/mol. The van der Waals surface area contributed by atoms with E-state index in [2.05, 4.69) is 23.9 Å². The van der Waals surface area contributed by atoms with E-state index in [0.29, 0.717) is 48.5 Å². The lowest BCUT2D eigenvalue weighted by Crippen LogP contribution is -2.53. The van der Waals surface area contributed by atoms with Crippen molar-refractivity contribution in [2.24, 2.45) is 0 Å². The standard InChI is InChI=1S/C26H33FN6O3S/c1-15(2)33-24(28-16(3)30-33)20-14-31-10-11-36-21-13-19(27)22(12-18(21)23(31)29-20)37-17-6-8-32(9-7-17)26(4,5)25(34)35/h12-15,17H,6-11H2,1-5H3,(H,34,35). The summed E-state index contributed by atoms with van der Waals surface area (Å²) in [6.45, 7) is 11.8. The second-order valence-corrected chi connectivity index (χ2v) is 11.8. The molecular formula is C26H33FN6O3S. The number of thioether (sulfide) groups is 1. The van der Waals surface area contributed by atoms with Crippen LogP contribution in [-0.4, -0.2) is 70.8 Å². The fraction of sp³-hybridized carbons (Fsp3) is 0.538. The van der Waals surface area contributed by atoms with Gasteiger partial charge in [-0.25, -0.2) is 19.0 Å². The maximum Gasteiger partial charge on any atom is 0.323 e. The highest BCUT2D eigenvalue weighted by Gasteiger charge is 2.37. The van der Waals surface area contributed by atoms with Gasteiger partial charge < -0.3 is 14.4 Å². The summed E-state index contributed by atoms with van der Waals surface area (Å²) in [6.07, 6.45) is 3.54. The van der Waals surface area contributed by atoms with Crippen LogP contribution in [0, 0.1) is 12.7 Å². The van der Waals surface area contributed by atoms with E-state index in [1.807, 2.05) is 33.3 Å². The van der Waals surface area contributed by atoms with Gasteiger partial charge in [0.25, 0.3) is 0 Å². The van der Waals surface area contributed by atoms with E-state index < -0.39 is 11.5 Å². The van der Waals surface area contributed by atoms with E-state index in [1.165, 1.54) is 17.8 Å². The summed E-state index contributed by atoms with van der Waals surface area (Å²) in [6, 6.07) is 3.44. The molecule has 37 heavy (non-hydrogen) atoms. The number of fused-ring (bicyclic) bond motifs is 3. The van der Waals surface area contributed by atoms with Crippen LogP contribution in [0.15, 0.2) is 23.2 Å². The molecule has 0 amide bonds. The van der Waals surface area contributed by atoms with Gasteiger partial charge in [0.2, 0.25) is 0 Å². The Bertz CT molecular complexity index is 1330. The van der Waals surface area contributed by atoms with Gasteiger partial charge in [-0.1, -0.05) is 0 Å². The first-order valence-corrected chi connectivity index (χ1v) is 13.5. The molecule has 0 aliphatic carbocycles. The average Bonchev–Trinajstić information content (AvgIpc) is 3.40. The second kappa shape index (κ2) is 9.75. The van der Waals surface area contributed by atoms with Crippen LogP contribution in [0.5, 0.6) is 5.75 Å². The molecule has 0 bridgehead atoms. The lowest BCUT2D eigenvalue weighted by molar-refractivity contribution is -0.149. The number of likely N-dealkylation sites (tertiary alicyclic amines) is 1. The predicted octanol–water partition coefficient (Wildman–Crippen LogP) is 4.65. The minimum absolute atomic E-state index is 0.137. The van der Waals surface area contributed by atoms with Gasteiger partial charge in [-0.2, -0.15) is 5.10 Å². The normalized spacial score (nSPS) is 16.8. The summed E-state index contributed by atoms with van der Waals surface area (Å²) in [5, 5.41) is 14.3. The lowest BCUT2D eigenvalue weighted by Gasteiger charge is -2.40. The smallest absolute Gasteiger partial charge is 0.323 e. The zero-order valence-corrected chi connectivity index (χ0v) is 22.7. The minimum atomic E-state index is -0.907. The molecule has 9 nitrogen and oxygen atoms in total. The summed E-state index contributed by atoms with van der Waals surface area (Å²) in [5.41, 5.74) is 0.573. The summed E-state index contributed by atoms with van der Waals surface area (Å²) in [5.74, 6) is 1.47. The summed E-state index contributed by atoms with van der Waals surface area (Å²) >= 11 is 1.51. The van der Waals surface area contributed by atoms with Crippen molar-refractivity contribution in [3.05, 3.63) is 30.0 Å². The molecule has 3 aromatic rings. The van der Waals surface area contributed by atoms with Crippen LogP contribution in [0.2, 0.25) is 0 Å². The van der Waals surface area contributed by atoms with Gasteiger partial charge in [-0.15, -0.1) is 11.8 Å². The molecule has 0 unspecified atom stereocenters. The van der Waals surface area contributed by atoms with Crippen LogP contribution in [-0.2, 0) is 11.3 Å². The Morgan fingerprint density at radius 2 is 1.92 bits per heavy atom. The molecule has 11 heteroatoms. The van der Waals surface area contributed by atoms with Crippen molar-refractivity contribution in [3.8, 4) is 28.7 Å². The quantitative estimate of drug-likeness (QED) is 0.494. The zero-order valence-electron chi connectivity index (χ0n) is 21.9. The third-order valence-corrected chi connectivity index (χ3v) is 8.52. The molecule has 5 rings (SSSR count). The van der Waals surface area contributed by atoms with Gasteiger partial charge in [0.15, 0.2) is 5.82 Å². The number of benzene rings is 1. The first-order chi connectivity index (χ1) is 17.5. The molecule has 2 aliphatic rings. The van der Waals surface area contributed by atoms with E-state index >= 15 is 4.39 Å². The highest BCUT2D eigenvalue weighted by Crippen LogP contribution is 2.41. The van der Waals surface area contributed by atoms with Gasteiger partial charge >= 0.3 is 5.97 Å². The SMILES string of the molecule is Cc1nc(-c2cn3c(n2)-c2cc(SC4CCN(C(C)(C)C(=O)O)CC4)c(F)cc2OCC3)n(C(C)C)n1. The number of hydrogen-bond acceptors (Lipinski definition) is 7. The first-order valence-electron chi connectivity index (χ1n) is 12.7. The van der Waals surface area contributed by atoms with Crippen molar-refractivity contribution in [1.29, 1.82) is 0 Å². The molecular weight excluding hydrogens is 495 g/mol. The monoisotopic (exact) mass is 528 g/mol. The molecule has 1 N–H and O–H groups in total. The fourth-order valence-electron chi connectivity index (χ4n) is 4.89. The van der Waals surface area contributed by atoms with Gasteiger partial charge in [0, 0.05) is 41.5 Å². The number of carbonyl (C=O) groups is 1. The molecule has 0 saturated carbocycles. The van der Waals surface area contributed by atoms with E-state index in [0.717, 1.165) is 29.9 Å². The van der Waals surface area contributed by atoms with Crippen LogP contribution < -0.4 is 4.74 Å². The number of aromatic nitrogens is 5. The summed E-state index contributed by atoms with van der Waals surface area (Å²) in [4.78, 5) is 23.7. The number of carboxylic acid groups (broad SMARTS) is 1. The number of piperidine rings is 1. The number of hydrogen-bond donors (Lipinski definition) is 1. The molecule has 0 radical (unpaired) electrons. The number of aryl methyl sites for hydroxylation is 1. The van der Waals surface area contributed by atoms with Crippen molar-refractivity contribution < 1.29 is 19.0 Å². The molecule has 2 aliphatic heterocycles. The fourth-order valence-corrected chi connectivity index (χ4v) is 6.06. The van der Waals surface area contributed by atoms with Crippen LogP contribution >= 0.6 is 11.8 Å². The van der Waals surface area contributed by atoms with E-state index in [-0.39, 0.29) is 17.1 Å². The Labute approximate surface area is 220 Å². The summed E-state index contributed by atoms with van der Waals surface area (Å²) in [7, 11) is 0. The molecule has 198 valence electrons. The Kier molecular flexibility index (Phi) is 6.78. The number of ether oxygens (including phenoxy) is 1. The first kappa shape index (κ1) is 25.7. The molecule has 0 atom stereocenters. The van der Waals surface area contributed by atoms with Crippen molar-refractivity contribution in [2.45, 2.75) is 75.7 Å². The molecule has 1 fully saturated rings. The third-order valence-electron chi connectivity index (χ3n) is 7.15.